The highest BCUT2D eigenvalue weighted by atomic mass is 16.5. The summed E-state index contributed by atoms with van der Waals surface area (Å²) in [6, 6.07) is 5.38. The maximum absolute atomic E-state index is 11.9. The maximum Gasteiger partial charge on any atom is 0.348 e. The molecule has 25 heavy (non-hydrogen) atoms. The SMILES string of the molecule is Cc1ccc(OC2(C(=O)O)CCN(c3cc(C)nc(N)n3)CC2)cn1. The highest BCUT2D eigenvalue weighted by molar-refractivity contribution is 5.78. The maximum atomic E-state index is 11.9. The van der Waals surface area contributed by atoms with E-state index < -0.39 is 11.6 Å². The molecule has 1 aliphatic heterocycles. The Morgan fingerprint density at radius 3 is 2.52 bits per heavy atom. The number of anilines is 2. The Morgan fingerprint density at radius 2 is 1.96 bits per heavy atom. The summed E-state index contributed by atoms with van der Waals surface area (Å²) in [5, 5.41) is 9.74. The van der Waals surface area contributed by atoms with Gasteiger partial charge in [-0.05, 0) is 26.0 Å². The summed E-state index contributed by atoms with van der Waals surface area (Å²) in [4.78, 5) is 26.4. The lowest BCUT2D eigenvalue weighted by atomic mass is 9.91. The van der Waals surface area contributed by atoms with Crippen LogP contribution in [-0.4, -0.2) is 44.7 Å². The van der Waals surface area contributed by atoms with Crippen LogP contribution in [0.3, 0.4) is 0 Å². The second kappa shape index (κ2) is 6.54. The van der Waals surface area contributed by atoms with E-state index in [1.807, 2.05) is 24.8 Å². The number of nitrogens with zero attached hydrogens (tertiary/aromatic N) is 4. The molecule has 0 spiro atoms. The van der Waals surface area contributed by atoms with E-state index in [-0.39, 0.29) is 5.95 Å². The molecule has 0 atom stereocenters. The van der Waals surface area contributed by atoms with Crippen molar-refractivity contribution in [1.29, 1.82) is 0 Å². The largest absolute Gasteiger partial charge is 0.478 e. The highest BCUT2D eigenvalue weighted by Crippen LogP contribution is 2.31. The van der Waals surface area contributed by atoms with Gasteiger partial charge in [0.15, 0.2) is 0 Å². The van der Waals surface area contributed by atoms with Gasteiger partial charge in [-0.15, -0.1) is 0 Å². The van der Waals surface area contributed by atoms with Gasteiger partial charge in [-0.25, -0.2) is 9.78 Å². The molecule has 3 rings (SSSR count). The molecular formula is C17H21N5O3. The van der Waals surface area contributed by atoms with Crippen molar-refractivity contribution in [2.75, 3.05) is 23.7 Å². The van der Waals surface area contributed by atoms with Crippen molar-refractivity contribution in [3.05, 3.63) is 35.8 Å². The van der Waals surface area contributed by atoms with Gasteiger partial charge >= 0.3 is 5.97 Å². The summed E-state index contributed by atoms with van der Waals surface area (Å²) < 4.78 is 5.84. The summed E-state index contributed by atoms with van der Waals surface area (Å²) in [7, 11) is 0. The summed E-state index contributed by atoms with van der Waals surface area (Å²) in [6.45, 7) is 4.72. The predicted molar refractivity (Wildman–Crippen MR) is 92.6 cm³/mol. The van der Waals surface area contributed by atoms with Crippen LogP contribution in [0.2, 0.25) is 0 Å². The number of ether oxygens (including phenoxy) is 1. The first-order valence-corrected chi connectivity index (χ1v) is 8.09. The van der Waals surface area contributed by atoms with Crippen LogP contribution in [0.25, 0.3) is 0 Å². The van der Waals surface area contributed by atoms with E-state index in [4.69, 9.17) is 10.5 Å². The van der Waals surface area contributed by atoms with Crippen molar-refractivity contribution >= 4 is 17.7 Å². The Hall–Kier alpha value is -2.90. The van der Waals surface area contributed by atoms with Crippen LogP contribution in [0.5, 0.6) is 5.75 Å². The second-order valence-corrected chi connectivity index (χ2v) is 6.25. The number of rotatable bonds is 4. The van der Waals surface area contributed by atoms with Gasteiger partial charge in [0.1, 0.15) is 11.6 Å². The number of carboxylic acid groups (broad SMARTS) is 1. The normalized spacial score (nSPS) is 16.5. The van der Waals surface area contributed by atoms with Crippen molar-refractivity contribution < 1.29 is 14.6 Å². The minimum absolute atomic E-state index is 0.215. The van der Waals surface area contributed by atoms with Gasteiger partial charge in [-0.2, -0.15) is 4.98 Å². The number of aliphatic carboxylic acids is 1. The lowest BCUT2D eigenvalue weighted by molar-refractivity contribution is -0.157. The standard InChI is InChI=1S/C17H21N5O3/c1-11-3-4-13(10-19-11)25-17(15(23)24)5-7-22(8-6-17)14-9-12(2)20-16(18)21-14/h3-4,9-10H,5-8H2,1-2H3,(H,23,24)(H2,18,20,21). The number of hydrogen-bond donors (Lipinski definition) is 2. The van der Waals surface area contributed by atoms with E-state index in [0.717, 1.165) is 11.4 Å². The van der Waals surface area contributed by atoms with Gasteiger partial charge in [0, 0.05) is 43.4 Å². The zero-order valence-corrected chi connectivity index (χ0v) is 14.3. The van der Waals surface area contributed by atoms with Crippen LogP contribution in [0.1, 0.15) is 24.2 Å². The van der Waals surface area contributed by atoms with Gasteiger partial charge in [0.25, 0.3) is 0 Å². The quantitative estimate of drug-likeness (QED) is 0.860. The average Bonchev–Trinajstić information content (AvgIpc) is 2.56. The molecule has 8 nitrogen and oxygen atoms in total. The molecule has 1 aliphatic rings. The van der Waals surface area contributed by atoms with Gasteiger partial charge in [-0.3, -0.25) is 4.98 Å². The molecule has 0 saturated carbocycles. The Balaban J connectivity index is 1.76. The van der Waals surface area contributed by atoms with Crippen molar-refractivity contribution in [3.63, 3.8) is 0 Å². The number of aromatic nitrogens is 3. The fourth-order valence-electron chi connectivity index (χ4n) is 2.93. The second-order valence-electron chi connectivity index (χ2n) is 6.25. The Morgan fingerprint density at radius 1 is 1.24 bits per heavy atom. The van der Waals surface area contributed by atoms with E-state index in [1.165, 1.54) is 0 Å². The van der Waals surface area contributed by atoms with E-state index in [1.54, 1.807) is 18.3 Å². The number of pyridine rings is 1. The minimum atomic E-state index is -1.26. The molecule has 0 radical (unpaired) electrons. The van der Waals surface area contributed by atoms with Crippen LogP contribution < -0.4 is 15.4 Å². The van der Waals surface area contributed by atoms with Gasteiger partial charge in [-0.1, -0.05) is 0 Å². The molecule has 8 heteroatoms. The molecular weight excluding hydrogens is 322 g/mol. The monoisotopic (exact) mass is 343 g/mol. The Labute approximate surface area is 145 Å². The van der Waals surface area contributed by atoms with Crippen molar-refractivity contribution in [1.82, 2.24) is 15.0 Å². The first-order chi connectivity index (χ1) is 11.9. The molecule has 0 amide bonds. The number of carbonyl (C=O) groups is 1. The van der Waals surface area contributed by atoms with Crippen LogP contribution in [0, 0.1) is 13.8 Å². The van der Waals surface area contributed by atoms with Crippen LogP contribution in [0.4, 0.5) is 11.8 Å². The van der Waals surface area contributed by atoms with Crippen LogP contribution in [0.15, 0.2) is 24.4 Å². The summed E-state index contributed by atoms with van der Waals surface area (Å²) in [6.07, 6.45) is 2.22. The summed E-state index contributed by atoms with van der Waals surface area (Å²) >= 11 is 0. The first-order valence-electron chi connectivity index (χ1n) is 8.09. The Bertz CT molecular complexity index is 750. The molecule has 0 aromatic carbocycles. The molecule has 3 heterocycles. The third-order valence-corrected chi connectivity index (χ3v) is 4.34. The lowest BCUT2D eigenvalue weighted by Gasteiger charge is -2.39. The molecule has 0 aliphatic carbocycles. The van der Waals surface area contributed by atoms with Gasteiger partial charge in [0.05, 0.1) is 6.20 Å². The van der Waals surface area contributed by atoms with Crippen molar-refractivity contribution in [2.45, 2.75) is 32.3 Å². The molecule has 1 saturated heterocycles. The number of piperidine rings is 1. The van der Waals surface area contributed by atoms with Crippen molar-refractivity contribution in [3.8, 4) is 5.75 Å². The zero-order chi connectivity index (χ0) is 18.0. The molecule has 0 unspecified atom stereocenters. The van der Waals surface area contributed by atoms with Gasteiger partial charge in [0.2, 0.25) is 11.5 Å². The molecule has 1 fully saturated rings. The average molecular weight is 343 g/mol. The Kier molecular flexibility index (Phi) is 4.43. The third-order valence-electron chi connectivity index (χ3n) is 4.34. The molecule has 3 N–H and O–H groups in total. The first kappa shape index (κ1) is 16.9. The highest BCUT2D eigenvalue weighted by Gasteiger charge is 2.44. The predicted octanol–water partition coefficient (Wildman–Crippen LogP) is 1.57. The van der Waals surface area contributed by atoms with E-state index >= 15 is 0 Å². The number of hydrogen-bond acceptors (Lipinski definition) is 7. The molecule has 0 bridgehead atoms. The number of aryl methyl sites for hydroxylation is 2. The smallest absolute Gasteiger partial charge is 0.348 e. The van der Waals surface area contributed by atoms with Gasteiger partial charge < -0.3 is 20.5 Å². The molecule has 132 valence electrons. The third kappa shape index (κ3) is 3.62. The zero-order valence-electron chi connectivity index (χ0n) is 14.3. The number of nitrogen functional groups attached to an aromatic ring is 1. The summed E-state index contributed by atoms with van der Waals surface area (Å²) in [5.74, 6) is 0.419. The number of carboxylic acids is 1. The van der Waals surface area contributed by atoms with Crippen LogP contribution >= 0.6 is 0 Å². The lowest BCUT2D eigenvalue weighted by Crippen LogP contribution is -2.53. The van der Waals surface area contributed by atoms with Crippen molar-refractivity contribution in [2.24, 2.45) is 0 Å². The fourth-order valence-corrected chi connectivity index (χ4v) is 2.93. The van der Waals surface area contributed by atoms with E-state index in [2.05, 4.69) is 15.0 Å². The number of nitrogens with two attached hydrogens (primary N) is 1. The molecule has 2 aromatic rings. The van der Waals surface area contributed by atoms with Crippen LogP contribution in [-0.2, 0) is 4.79 Å². The summed E-state index contributed by atoms with van der Waals surface area (Å²) in [5.41, 5.74) is 6.07. The van der Waals surface area contributed by atoms with E-state index in [9.17, 15) is 9.90 Å². The fraction of sp³-hybridized carbons (Fsp3) is 0.412. The van der Waals surface area contributed by atoms with E-state index in [0.29, 0.717) is 37.5 Å². The molecule has 2 aromatic heterocycles. The minimum Gasteiger partial charge on any atom is -0.478 e. The topological polar surface area (TPSA) is 114 Å².